The van der Waals surface area contributed by atoms with Crippen molar-refractivity contribution in [3.05, 3.63) is 287 Å². The number of esters is 3. The summed E-state index contributed by atoms with van der Waals surface area (Å²) in [5.74, 6) is 1.42. The van der Waals surface area contributed by atoms with E-state index in [1.165, 1.54) is 0 Å². The van der Waals surface area contributed by atoms with Crippen LogP contribution in [0.3, 0.4) is 0 Å². The minimum absolute atomic E-state index is 0.0223. The number of benzene rings is 3. The molecule has 25 nitrogen and oxygen atoms in total. The quantitative estimate of drug-likeness (QED) is 0.0457. The molecular weight excluding hydrogens is 1410 g/mol. The van der Waals surface area contributed by atoms with Crippen molar-refractivity contribution in [3.63, 3.8) is 0 Å². The molecule has 0 saturated heterocycles. The van der Waals surface area contributed by atoms with E-state index in [0.717, 1.165) is 47.6 Å². The predicted octanol–water partition coefficient (Wildman–Crippen LogP) is 10.4. The number of aromatic nitrogens is 18. The summed E-state index contributed by atoms with van der Waals surface area (Å²) in [6, 6.07) is 26.4. The number of carbonyl (C=O) groups excluding carboxylic acids is 3. The largest absolute Gasteiger partial charge is 0.454 e. The van der Waals surface area contributed by atoms with Gasteiger partial charge in [-0.05, 0) is 87.4 Å². The van der Waals surface area contributed by atoms with Crippen LogP contribution in [0.25, 0.3) is 33.8 Å². The number of hydrogen-bond acceptors (Lipinski definition) is 25. The van der Waals surface area contributed by atoms with Crippen molar-refractivity contribution < 1.29 is 33.7 Å². The molecular formula is C63H51Br2IN18O7. The standard InChI is InChI=1S/C16H12N4O2.C13H12N2O2.C12H9BrN2O2.C9H7BrN4.C9H8N4O.C4H3IN2/c21-16(12-4-2-1-3-5-12)22-11-15-19-8-13(9-20-15)14-10-17-6-7-18-14;1-10-7-14-12(15-8-10)9-17-13(16)11-5-3-2-4-6-11;13-10-6-14-11(15-7-10)8-17-12(16)9-4-2-1-3-5-9;10-3-9-13-4-7(5-14-9)8-6-11-1-2-12-8;14-6-9-12-3-7(4-13-9)8-5-10-1-2-11-8;5-4-3-6-1-2-7-4/h1-10H,11H2;2-8H,9H2,1H3;1-7H,8H2;1-2,4-6H,3H2;1-5,14H,6H2;1-3H. The molecule has 456 valence electrons. The van der Waals surface area contributed by atoms with Crippen molar-refractivity contribution >= 4 is 72.4 Å². The predicted molar refractivity (Wildman–Crippen MR) is 346 cm³/mol. The summed E-state index contributed by atoms with van der Waals surface area (Å²) >= 11 is 8.62. The van der Waals surface area contributed by atoms with Crippen molar-refractivity contribution in [2.24, 2.45) is 0 Å². The Morgan fingerprint density at radius 2 is 0.692 bits per heavy atom. The average Bonchev–Trinajstić information content (AvgIpc) is 3.82. The van der Waals surface area contributed by atoms with Crippen LogP contribution >= 0.6 is 54.5 Å². The van der Waals surface area contributed by atoms with Crippen LogP contribution in [0.15, 0.2) is 232 Å². The molecule has 3 aromatic carbocycles. The van der Waals surface area contributed by atoms with Crippen LogP contribution in [-0.4, -0.2) is 113 Å². The van der Waals surface area contributed by atoms with E-state index in [4.69, 9.17) is 19.3 Å². The van der Waals surface area contributed by atoms with Crippen LogP contribution in [0.1, 0.15) is 65.8 Å². The molecule has 9 aromatic heterocycles. The second-order valence-corrected chi connectivity index (χ2v) is 20.2. The van der Waals surface area contributed by atoms with Gasteiger partial charge in [-0.2, -0.15) is 0 Å². The molecule has 12 rings (SSSR count). The number of aliphatic hydroxyl groups excluding tert-OH is 1. The fraction of sp³-hybridized carbons (Fsp3) is 0.0952. The Morgan fingerprint density at radius 1 is 0.385 bits per heavy atom. The minimum Gasteiger partial charge on any atom is -0.454 e. The molecule has 28 heteroatoms. The molecule has 1 N–H and O–H groups in total. The summed E-state index contributed by atoms with van der Waals surface area (Å²) in [7, 11) is 0. The molecule has 0 saturated carbocycles. The molecule has 12 aromatic rings. The van der Waals surface area contributed by atoms with Crippen LogP contribution in [0, 0.1) is 10.6 Å². The Bertz CT molecular complexity index is 3850. The zero-order valence-corrected chi connectivity index (χ0v) is 53.3. The smallest absolute Gasteiger partial charge is 0.338 e. The normalized spacial score (nSPS) is 9.95. The van der Waals surface area contributed by atoms with Crippen molar-refractivity contribution in [3.8, 4) is 33.8 Å². The van der Waals surface area contributed by atoms with E-state index in [1.54, 1.807) is 209 Å². The van der Waals surface area contributed by atoms with E-state index in [2.05, 4.69) is 144 Å². The van der Waals surface area contributed by atoms with E-state index in [-0.39, 0.29) is 38.4 Å². The third kappa shape index (κ3) is 24.9. The number of nitrogens with zero attached hydrogens (tertiary/aromatic N) is 18. The Balaban J connectivity index is 0.000000159. The molecule has 0 aliphatic rings. The maximum atomic E-state index is 11.8. The van der Waals surface area contributed by atoms with Crippen molar-refractivity contribution in [1.29, 1.82) is 0 Å². The summed E-state index contributed by atoms with van der Waals surface area (Å²) in [4.78, 5) is 108. The zero-order valence-electron chi connectivity index (χ0n) is 48.0. The number of alkyl halides is 1. The number of halogens is 3. The van der Waals surface area contributed by atoms with Gasteiger partial charge >= 0.3 is 17.9 Å². The molecule has 0 bridgehead atoms. The first kappa shape index (κ1) is 67.9. The lowest BCUT2D eigenvalue weighted by atomic mass is 10.2. The lowest BCUT2D eigenvalue weighted by Crippen LogP contribution is -2.07. The van der Waals surface area contributed by atoms with Gasteiger partial charge in [-0.25, -0.2) is 69.2 Å². The number of rotatable bonds is 14. The van der Waals surface area contributed by atoms with Crippen LogP contribution in [-0.2, 0) is 46.0 Å². The second kappa shape index (κ2) is 38.7. The van der Waals surface area contributed by atoms with Gasteiger partial charge in [0.25, 0.3) is 0 Å². The first-order valence-corrected chi connectivity index (χ1v) is 29.7. The third-order valence-corrected chi connectivity index (χ3v) is 12.5. The van der Waals surface area contributed by atoms with Gasteiger partial charge in [0.2, 0.25) is 0 Å². The Labute approximate surface area is 551 Å². The number of carbonyl (C=O) groups is 3. The Hall–Kier alpha value is -10.6. The highest BCUT2D eigenvalue weighted by molar-refractivity contribution is 14.1. The Morgan fingerprint density at radius 3 is 0.978 bits per heavy atom. The van der Waals surface area contributed by atoms with Crippen LogP contribution in [0.4, 0.5) is 0 Å². The van der Waals surface area contributed by atoms with Crippen LogP contribution in [0.5, 0.6) is 0 Å². The zero-order chi connectivity index (χ0) is 64.1. The number of aryl methyl sites for hydroxylation is 1. The summed E-state index contributed by atoms with van der Waals surface area (Å²) in [5.41, 5.74) is 7.14. The molecule has 0 amide bonds. The molecule has 0 aliphatic carbocycles. The van der Waals surface area contributed by atoms with E-state index in [0.29, 0.717) is 51.0 Å². The van der Waals surface area contributed by atoms with Gasteiger partial charge < -0.3 is 19.3 Å². The van der Waals surface area contributed by atoms with Crippen molar-refractivity contribution in [2.45, 2.75) is 38.7 Å². The molecule has 0 spiro atoms. The molecule has 91 heavy (non-hydrogen) atoms. The lowest BCUT2D eigenvalue weighted by molar-refractivity contribution is 0.0453. The summed E-state index contributed by atoms with van der Waals surface area (Å²) in [6.07, 6.45) is 36.3. The maximum absolute atomic E-state index is 11.8. The van der Waals surface area contributed by atoms with Gasteiger partial charge in [-0.1, -0.05) is 70.5 Å². The van der Waals surface area contributed by atoms with Gasteiger partial charge in [0.1, 0.15) is 16.1 Å². The molecule has 0 unspecified atom stereocenters. The summed E-state index contributed by atoms with van der Waals surface area (Å²) in [5, 5.41) is 9.41. The summed E-state index contributed by atoms with van der Waals surface area (Å²) in [6.45, 7) is 1.93. The number of ether oxygens (including phenoxy) is 3. The van der Waals surface area contributed by atoms with Gasteiger partial charge in [-0.3, -0.25) is 34.9 Å². The monoisotopic (exact) mass is 1460 g/mol. The van der Waals surface area contributed by atoms with Gasteiger partial charge in [-0.15, -0.1) is 0 Å². The SMILES string of the molecule is BrCc1ncc(-c2cnccn2)cn1.Cc1cnc(COC(=O)c2ccccc2)nc1.Ic1cnccn1.O=C(OCc1ncc(-c2cnccn2)cn1)c1ccccc1.O=C(OCc1ncc(Br)cn1)c1ccccc1.OCc1ncc(-c2cnccn2)cn1. The summed E-state index contributed by atoms with van der Waals surface area (Å²) < 4.78 is 17.1. The highest BCUT2D eigenvalue weighted by atomic mass is 127. The van der Waals surface area contributed by atoms with E-state index in [9.17, 15) is 14.4 Å². The molecule has 0 fully saturated rings. The van der Waals surface area contributed by atoms with Crippen LogP contribution < -0.4 is 0 Å². The van der Waals surface area contributed by atoms with E-state index < -0.39 is 5.97 Å². The average molecular weight is 1460 g/mol. The van der Waals surface area contributed by atoms with Gasteiger partial charge in [0.15, 0.2) is 43.1 Å². The fourth-order valence-corrected chi connectivity index (χ4v) is 7.40. The highest BCUT2D eigenvalue weighted by Gasteiger charge is 2.11. The van der Waals surface area contributed by atoms with Crippen molar-refractivity contribution in [2.75, 3.05) is 0 Å². The first-order valence-electron chi connectivity index (χ1n) is 26.7. The van der Waals surface area contributed by atoms with Crippen LogP contribution in [0.2, 0.25) is 0 Å². The minimum atomic E-state index is -0.401. The highest BCUT2D eigenvalue weighted by Crippen LogP contribution is 2.16. The van der Waals surface area contributed by atoms with Crippen molar-refractivity contribution in [1.82, 2.24) is 89.7 Å². The van der Waals surface area contributed by atoms with Gasteiger partial charge in [0, 0.05) is 128 Å². The Kier molecular flexibility index (Phi) is 28.9. The molecule has 0 atom stereocenters. The van der Waals surface area contributed by atoms with E-state index >= 15 is 0 Å². The lowest BCUT2D eigenvalue weighted by Gasteiger charge is -2.04. The molecule has 0 aliphatic heterocycles. The first-order chi connectivity index (χ1) is 44.5. The second-order valence-electron chi connectivity index (χ2n) is 17.6. The van der Waals surface area contributed by atoms with Gasteiger partial charge in [0.05, 0.1) is 68.4 Å². The molecule has 9 heterocycles. The van der Waals surface area contributed by atoms with E-state index in [1.807, 2.05) is 25.1 Å². The number of aliphatic hydroxyl groups is 1. The molecule has 0 radical (unpaired) electrons. The fourth-order valence-electron chi connectivity index (χ4n) is 6.58. The third-order valence-electron chi connectivity index (χ3n) is 11.0. The maximum Gasteiger partial charge on any atom is 0.338 e. The topological polar surface area (TPSA) is 331 Å². The number of hydrogen-bond donors (Lipinski definition) is 1.